The van der Waals surface area contributed by atoms with Crippen molar-refractivity contribution in [2.45, 2.75) is 33.6 Å². The minimum atomic E-state index is -0.0620. The predicted molar refractivity (Wildman–Crippen MR) is 119 cm³/mol. The molecule has 3 rings (SSSR count). The van der Waals surface area contributed by atoms with Gasteiger partial charge in [0.2, 0.25) is 0 Å². The molecular formula is C24H31NO3S. The number of thiophene rings is 1. The van der Waals surface area contributed by atoms with E-state index >= 15 is 0 Å². The van der Waals surface area contributed by atoms with E-state index in [1.165, 1.54) is 21.6 Å². The summed E-state index contributed by atoms with van der Waals surface area (Å²) < 4.78 is 11.2. The molecule has 4 nitrogen and oxygen atoms in total. The highest BCUT2D eigenvalue weighted by molar-refractivity contribution is 7.11. The van der Waals surface area contributed by atoms with Gasteiger partial charge in [0, 0.05) is 23.5 Å². The second-order valence-electron chi connectivity index (χ2n) is 7.54. The number of hydrogen-bond donors (Lipinski definition) is 0. The fourth-order valence-corrected chi connectivity index (χ4v) is 4.75. The molecule has 0 radical (unpaired) electrons. The van der Waals surface area contributed by atoms with Crippen molar-refractivity contribution in [2.75, 3.05) is 32.8 Å². The molecule has 0 bridgehead atoms. The van der Waals surface area contributed by atoms with Gasteiger partial charge in [-0.2, -0.15) is 0 Å². The molecule has 156 valence electrons. The summed E-state index contributed by atoms with van der Waals surface area (Å²) in [6.45, 7) is 9.79. The molecule has 0 unspecified atom stereocenters. The zero-order valence-electron chi connectivity index (χ0n) is 17.6. The monoisotopic (exact) mass is 413 g/mol. The number of benzene rings is 1. The van der Waals surface area contributed by atoms with Crippen molar-refractivity contribution in [1.82, 2.24) is 4.90 Å². The van der Waals surface area contributed by atoms with E-state index in [0.29, 0.717) is 13.2 Å². The van der Waals surface area contributed by atoms with Crippen LogP contribution in [0.15, 0.2) is 42.0 Å². The van der Waals surface area contributed by atoms with Crippen molar-refractivity contribution in [3.63, 3.8) is 0 Å². The molecule has 2 heterocycles. The van der Waals surface area contributed by atoms with Crippen molar-refractivity contribution < 1.29 is 14.3 Å². The van der Waals surface area contributed by atoms with Gasteiger partial charge >= 0.3 is 5.97 Å². The molecule has 29 heavy (non-hydrogen) atoms. The third-order valence-electron chi connectivity index (χ3n) is 5.39. The lowest BCUT2D eigenvalue weighted by atomic mass is 9.98. The first-order valence-electron chi connectivity index (χ1n) is 10.4. The van der Waals surface area contributed by atoms with Crippen LogP contribution in [0.2, 0.25) is 0 Å². The van der Waals surface area contributed by atoms with Gasteiger partial charge in [-0.3, -0.25) is 9.69 Å². The van der Waals surface area contributed by atoms with Gasteiger partial charge in [0.25, 0.3) is 0 Å². The summed E-state index contributed by atoms with van der Waals surface area (Å²) in [7, 11) is 0. The van der Waals surface area contributed by atoms with Gasteiger partial charge in [0.1, 0.15) is 6.61 Å². The molecule has 0 spiro atoms. The van der Waals surface area contributed by atoms with Crippen molar-refractivity contribution in [3.05, 3.63) is 63.5 Å². The van der Waals surface area contributed by atoms with E-state index < -0.39 is 0 Å². The minimum absolute atomic E-state index is 0.00413. The van der Waals surface area contributed by atoms with Crippen molar-refractivity contribution >= 4 is 22.9 Å². The quantitative estimate of drug-likeness (QED) is 0.345. The normalized spacial score (nSPS) is 17.9. The summed E-state index contributed by atoms with van der Waals surface area (Å²) >= 11 is 1.75. The molecule has 1 aliphatic rings. The lowest BCUT2D eigenvalue weighted by Gasteiger charge is -2.31. The molecular weight excluding hydrogens is 382 g/mol. The molecule has 1 aliphatic heterocycles. The molecule has 0 aliphatic carbocycles. The zero-order valence-corrected chi connectivity index (χ0v) is 18.5. The van der Waals surface area contributed by atoms with Crippen LogP contribution in [0.3, 0.4) is 0 Å². The van der Waals surface area contributed by atoms with Gasteiger partial charge in [-0.05, 0) is 68.3 Å². The van der Waals surface area contributed by atoms with Crippen molar-refractivity contribution in [1.29, 1.82) is 0 Å². The van der Waals surface area contributed by atoms with Crippen LogP contribution in [0.1, 0.15) is 41.3 Å². The van der Waals surface area contributed by atoms with Crippen molar-refractivity contribution in [2.24, 2.45) is 5.92 Å². The van der Waals surface area contributed by atoms with Crippen LogP contribution in [-0.2, 0) is 14.3 Å². The molecule has 2 aromatic rings. The fourth-order valence-electron chi connectivity index (χ4n) is 3.80. The number of nitrogens with zero attached hydrogens (tertiary/aromatic N) is 1. The van der Waals surface area contributed by atoms with Crippen LogP contribution in [0.5, 0.6) is 0 Å². The maximum Gasteiger partial charge on any atom is 0.310 e. The summed E-state index contributed by atoms with van der Waals surface area (Å²) in [5.41, 5.74) is 4.85. The Labute approximate surface area is 178 Å². The highest BCUT2D eigenvalue weighted by Gasteiger charge is 2.26. The van der Waals surface area contributed by atoms with Crippen LogP contribution < -0.4 is 0 Å². The summed E-state index contributed by atoms with van der Waals surface area (Å²) in [4.78, 5) is 15.6. The van der Waals surface area contributed by atoms with E-state index in [1.807, 2.05) is 13.2 Å². The van der Waals surface area contributed by atoms with Crippen LogP contribution >= 0.6 is 11.3 Å². The number of esters is 1. The Morgan fingerprint density at radius 1 is 1.24 bits per heavy atom. The smallest absolute Gasteiger partial charge is 0.310 e. The van der Waals surface area contributed by atoms with E-state index in [2.05, 4.69) is 54.5 Å². The maximum absolute atomic E-state index is 12.0. The van der Waals surface area contributed by atoms with E-state index in [9.17, 15) is 4.79 Å². The Balaban J connectivity index is 1.63. The van der Waals surface area contributed by atoms with Crippen LogP contribution in [0.25, 0.3) is 5.57 Å². The summed E-state index contributed by atoms with van der Waals surface area (Å²) in [5, 5.41) is 2.13. The van der Waals surface area contributed by atoms with Gasteiger partial charge in [-0.15, -0.1) is 11.3 Å². The number of hydrogen-bond acceptors (Lipinski definition) is 5. The van der Waals surface area contributed by atoms with Crippen LogP contribution in [0, 0.1) is 19.8 Å². The second-order valence-corrected chi connectivity index (χ2v) is 8.46. The number of carbonyl (C=O) groups excluding carboxylic acids is 1. The largest absolute Gasteiger partial charge is 0.499 e. The number of rotatable bonds is 8. The first kappa shape index (κ1) is 21.6. The number of likely N-dealkylation sites (tertiary alicyclic amines) is 1. The van der Waals surface area contributed by atoms with E-state index in [0.717, 1.165) is 38.0 Å². The van der Waals surface area contributed by atoms with Crippen LogP contribution in [-0.4, -0.2) is 43.7 Å². The predicted octanol–water partition coefficient (Wildman–Crippen LogP) is 5.05. The molecule has 1 atom stereocenters. The Hall–Kier alpha value is -2.11. The molecule has 0 saturated carbocycles. The number of ether oxygens (including phenoxy) is 2. The molecule has 0 N–H and O–H groups in total. The van der Waals surface area contributed by atoms with Gasteiger partial charge < -0.3 is 9.47 Å². The Morgan fingerprint density at radius 3 is 2.79 bits per heavy atom. The van der Waals surface area contributed by atoms with E-state index in [1.54, 1.807) is 11.3 Å². The summed E-state index contributed by atoms with van der Waals surface area (Å²) in [5.74, 6) is -0.0661. The second kappa shape index (κ2) is 10.6. The van der Waals surface area contributed by atoms with Crippen LogP contribution in [0.4, 0.5) is 0 Å². The van der Waals surface area contributed by atoms with Gasteiger partial charge in [-0.25, -0.2) is 0 Å². The molecule has 1 aromatic carbocycles. The SMILES string of the molecule is CCOC(=O)[C@@H]1CCCN(CCO/C=C(/c2ccccc2C)c2sccc2C)C1. The molecule has 5 heteroatoms. The lowest BCUT2D eigenvalue weighted by molar-refractivity contribution is -0.150. The number of piperidine rings is 1. The minimum Gasteiger partial charge on any atom is -0.499 e. The number of carbonyl (C=O) groups is 1. The average Bonchev–Trinajstić information content (AvgIpc) is 3.15. The average molecular weight is 414 g/mol. The zero-order chi connectivity index (χ0) is 20.6. The molecule has 1 aromatic heterocycles. The highest BCUT2D eigenvalue weighted by atomic mass is 32.1. The number of aryl methyl sites for hydroxylation is 2. The Morgan fingerprint density at radius 2 is 2.07 bits per heavy atom. The standard InChI is InChI=1S/C24H31NO3S/c1-4-28-24(26)20-9-7-12-25(16-20)13-14-27-17-22(23-19(3)11-15-29-23)21-10-6-5-8-18(21)2/h5-6,8,10-11,15,17,20H,4,7,9,12-14,16H2,1-3H3/b22-17-/t20-/m1/s1. The highest BCUT2D eigenvalue weighted by Crippen LogP contribution is 2.32. The third kappa shape index (κ3) is 5.71. The first-order chi connectivity index (χ1) is 14.1. The maximum atomic E-state index is 12.0. The van der Waals surface area contributed by atoms with E-state index in [4.69, 9.17) is 9.47 Å². The Kier molecular flexibility index (Phi) is 7.90. The van der Waals surface area contributed by atoms with Gasteiger partial charge in [0.15, 0.2) is 0 Å². The fraction of sp³-hybridized carbons (Fsp3) is 0.458. The summed E-state index contributed by atoms with van der Waals surface area (Å²) in [6.07, 6.45) is 3.86. The van der Waals surface area contributed by atoms with Gasteiger partial charge in [-0.1, -0.05) is 24.3 Å². The van der Waals surface area contributed by atoms with Gasteiger partial charge in [0.05, 0.1) is 18.8 Å². The molecule has 1 fully saturated rings. The Bertz CT molecular complexity index is 842. The summed E-state index contributed by atoms with van der Waals surface area (Å²) in [6, 6.07) is 10.6. The van der Waals surface area contributed by atoms with E-state index in [-0.39, 0.29) is 11.9 Å². The third-order valence-corrected chi connectivity index (χ3v) is 6.44. The topological polar surface area (TPSA) is 38.8 Å². The lowest BCUT2D eigenvalue weighted by Crippen LogP contribution is -2.40. The van der Waals surface area contributed by atoms with Crippen molar-refractivity contribution in [3.8, 4) is 0 Å². The first-order valence-corrected chi connectivity index (χ1v) is 11.3. The molecule has 1 saturated heterocycles. The molecule has 0 amide bonds.